The van der Waals surface area contributed by atoms with Crippen molar-refractivity contribution in [3.8, 4) is 0 Å². The number of aliphatic imine (C=N–C) groups is 3. The number of carbonyl (C=O) groups excluding carboxylic acids is 5. The number of nitrogens with one attached hydrogen (secondary N) is 4. The van der Waals surface area contributed by atoms with Crippen molar-refractivity contribution in [2.45, 2.75) is 84.1 Å². The number of guanidine groups is 3. The van der Waals surface area contributed by atoms with Gasteiger partial charge in [-0.2, -0.15) is 0 Å². The number of rotatable bonds is 32. The molecule has 24 nitrogen and oxygen atoms in total. The lowest BCUT2D eigenvalue weighted by atomic mass is 9.88. The van der Waals surface area contributed by atoms with E-state index < -0.39 is 11.0 Å². The highest BCUT2D eigenvalue weighted by Gasteiger charge is 2.34. The van der Waals surface area contributed by atoms with Crippen LogP contribution in [-0.4, -0.2) is 282 Å². The first-order valence-electron chi connectivity index (χ1n) is 27.4. The number of hydrogen-bond acceptors (Lipinski definition) is 14. The molecule has 0 bridgehead atoms. The second kappa shape index (κ2) is 37.0. The van der Waals surface area contributed by atoms with E-state index in [9.17, 15) is 24.0 Å². The summed E-state index contributed by atoms with van der Waals surface area (Å²) in [5.41, 5.74) is -1.81. The maximum atomic E-state index is 13.7. The summed E-state index contributed by atoms with van der Waals surface area (Å²) in [6.45, 7) is 16.9. The molecule has 0 atom stereocenters. The minimum atomic E-state index is -1.28. The second-order valence-corrected chi connectivity index (χ2v) is 20.9. The van der Waals surface area contributed by atoms with Crippen LogP contribution in [0.4, 0.5) is 0 Å². The Morgan fingerprint density at radius 3 is 1.07 bits per heavy atom. The molecule has 0 aliphatic carbocycles. The number of hydrogen-bond donors (Lipinski definition) is 4. The van der Waals surface area contributed by atoms with E-state index in [4.69, 9.17) is 43.4 Å². The Hall–Kier alpha value is -4.88. The highest BCUT2D eigenvalue weighted by Crippen LogP contribution is 2.19. The predicted molar refractivity (Wildman–Crippen MR) is 294 cm³/mol. The molecule has 3 aliphatic rings. The SMILES string of the molecule is CN(C)C(=NCCCNC(=O)CCOCC(COCCC(=O)NCCCN=C(N(C)C)N1CCOCC1)(COCCC(=O)NCCCN=C(N(C)C)N1CCOCC1)NC(=O)CCCC(=O)C(C)(C)C)N1CCOCC1. The van der Waals surface area contributed by atoms with Crippen LogP contribution < -0.4 is 21.3 Å². The summed E-state index contributed by atoms with van der Waals surface area (Å²) in [5, 5.41) is 11.9. The van der Waals surface area contributed by atoms with Gasteiger partial charge in [0.1, 0.15) is 11.3 Å². The molecule has 0 spiro atoms. The quantitative estimate of drug-likeness (QED) is 0.0397. The van der Waals surface area contributed by atoms with Crippen LogP contribution in [0.5, 0.6) is 0 Å². The molecule has 3 saturated heterocycles. The lowest BCUT2D eigenvalue weighted by Gasteiger charge is -2.34. The van der Waals surface area contributed by atoms with Gasteiger partial charge in [0.15, 0.2) is 17.9 Å². The van der Waals surface area contributed by atoms with Gasteiger partial charge in [-0.05, 0) is 25.7 Å². The Kier molecular flexibility index (Phi) is 31.9. The van der Waals surface area contributed by atoms with Gasteiger partial charge in [0.2, 0.25) is 23.6 Å². The predicted octanol–water partition coefficient (Wildman–Crippen LogP) is 0.115. The molecule has 3 aliphatic heterocycles. The Balaban J connectivity index is 1.61. The Morgan fingerprint density at radius 2 is 0.776 bits per heavy atom. The fourth-order valence-corrected chi connectivity index (χ4v) is 8.26. The first kappa shape index (κ1) is 65.4. The van der Waals surface area contributed by atoms with E-state index in [0.717, 1.165) is 57.1 Å². The zero-order chi connectivity index (χ0) is 55.6. The van der Waals surface area contributed by atoms with Crippen LogP contribution in [-0.2, 0) is 52.4 Å². The molecule has 24 heteroatoms. The van der Waals surface area contributed by atoms with E-state index in [1.54, 1.807) is 0 Å². The molecule has 3 fully saturated rings. The van der Waals surface area contributed by atoms with Crippen molar-refractivity contribution >= 4 is 47.3 Å². The average molecular weight is 1080 g/mol. The van der Waals surface area contributed by atoms with Crippen LogP contribution in [0, 0.1) is 5.41 Å². The monoisotopic (exact) mass is 1080 g/mol. The van der Waals surface area contributed by atoms with Crippen molar-refractivity contribution in [2.75, 3.05) is 200 Å². The van der Waals surface area contributed by atoms with Gasteiger partial charge in [-0.15, -0.1) is 0 Å². The fourth-order valence-electron chi connectivity index (χ4n) is 8.26. The van der Waals surface area contributed by atoms with E-state index in [1.165, 1.54) is 0 Å². The fraction of sp³-hybridized carbons (Fsp3) is 0.846. The van der Waals surface area contributed by atoms with E-state index in [1.807, 2.05) is 77.8 Å². The molecule has 0 radical (unpaired) electrons. The molecule has 0 aromatic rings. The summed E-state index contributed by atoms with van der Waals surface area (Å²) < 4.78 is 34.8. The molecule has 0 saturated carbocycles. The second-order valence-electron chi connectivity index (χ2n) is 20.9. The number of amides is 4. The average Bonchev–Trinajstić information content (AvgIpc) is 3.38. The molecule has 0 unspecified atom stereocenters. The molecular weight excluding hydrogens is 983 g/mol. The standard InChI is InChI=1S/C52H97N13O11/c1-51(2,3)43(66)14-10-15-47(70)59-52(40-74-31-16-44(67)53-19-11-22-56-48(60(4)5)63-25-34-71-35-26-63,41-75-32-17-45(68)54-20-12-23-57-49(61(6)7)64-27-36-72-37-28-64)42-76-33-18-46(69)55-21-13-24-58-50(62(8)9)65-29-38-73-39-30-65/h10-42H2,1-9H3,(H,53,67)(H,54,68)(H,55,69)(H,59,70). The normalized spacial score (nSPS) is 16.7. The first-order valence-corrected chi connectivity index (χ1v) is 27.4. The number of carbonyl (C=O) groups is 5. The third-order valence-electron chi connectivity index (χ3n) is 12.4. The van der Waals surface area contributed by atoms with Crippen LogP contribution >= 0.6 is 0 Å². The van der Waals surface area contributed by atoms with E-state index in [2.05, 4.69) is 36.0 Å². The van der Waals surface area contributed by atoms with Crippen molar-refractivity contribution < 1.29 is 52.4 Å². The summed E-state index contributed by atoms with van der Waals surface area (Å²) in [4.78, 5) is 92.1. The molecule has 3 rings (SSSR count). The van der Waals surface area contributed by atoms with Crippen molar-refractivity contribution in [1.82, 2.24) is 50.7 Å². The van der Waals surface area contributed by atoms with E-state index in [0.29, 0.717) is 105 Å². The summed E-state index contributed by atoms with van der Waals surface area (Å²) in [7, 11) is 11.8. The molecular formula is C52H97N13O11. The highest BCUT2D eigenvalue weighted by atomic mass is 16.5. The minimum Gasteiger partial charge on any atom is -0.378 e. The first-order chi connectivity index (χ1) is 36.4. The Morgan fingerprint density at radius 1 is 0.461 bits per heavy atom. The van der Waals surface area contributed by atoms with Gasteiger partial charge in [-0.1, -0.05) is 20.8 Å². The maximum absolute atomic E-state index is 13.7. The molecule has 0 aromatic carbocycles. The topological polar surface area (TPSA) is 245 Å². The third kappa shape index (κ3) is 27.4. The van der Waals surface area contributed by atoms with Gasteiger partial charge in [-0.3, -0.25) is 38.9 Å². The lowest BCUT2D eigenvalue weighted by Crippen LogP contribution is -2.58. The molecule has 0 aromatic heterocycles. The number of ketones is 1. The van der Waals surface area contributed by atoms with Crippen LogP contribution in [0.1, 0.15) is 78.6 Å². The van der Waals surface area contributed by atoms with E-state index in [-0.39, 0.29) is 101 Å². The van der Waals surface area contributed by atoms with Crippen LogP contribution in [0.25, 0.3) is 0 Å². The Bertz CT molecular complexity index is 1630. The summed E-state index contributed by atoms with van der Waals surface area (Å²) in [6, 6.07) is 0. The number of ether oxygens (including phenoxy) is 6. The minimum absolute atomic E-state index is 0.0351. The van der Waals surface area contributed by atoms with Crippen molar-refractivity contribution in [1.29, 1.82) is 0 Å². The van der Waals surface area contributed by atoms with Crippen molar-refractivity contribution in [3.05, 3.63) is 0 Å². The zero-order valence-electron chi connectivity index (χ0n) is 47.9. The lowest BCUT2D eigenvalue weighted by molar-refractivity contribution is -0.131. The smallest absolute Gasteiger partial charge is 0.222 e. The van der Waals surface area contributed by atoms with Crippen LogP contribution in [0.15, 0.2) is 15.0 Å². The van der Waals surface area contributed by atoms with E-state index >= 15 is 0 Å². The van der Waals surface area contributed by atoms with Gasteiger partial charge < -0.3 is 79.1 Å². The van der Waals surface area contributed by atoms with Gasteiger partial charge >= 0.3 is 0 Å². The van der Waals surface area contributed by atoms with Crippen molar-refractivity contribution in [2.24, 2.45) is 20.4 Å². The summed E-state index contributed by atoms with van der Waals surface area (Å²) >= 11 is 0. The van der Waals surface area contributed by atoms with Crippen molar-refractivity contribution in [3.63, 3.8) is 0 Å². The number of Topliss-reactive ketones (excluding diaryl/α,β-unsaturated/α-hetero) is 1. The van der Waals surface area contributed by atoms with Gasteiger partial charge in [0, 0.05) is 158 Å². The zero-order valence-corrected chi connectivity index (χ0v) is 47.9. The van der Waals surface area contributed by atoms with Gasteiger partial charge in [0.25, 0.3) is 0 Å². The molecule has 3 heterocycles. The largest absolute Gasteiger partial charge is 0.378 e. The molecule has 4 N–H and O–H groups in total. The highest BCUT2D eigenvalue weighted by molar-refractivity contribution is 5.85. The van der Waals surface area contributed by atoms with Gasteiger partial charge in [-0.25, -0.2) is 0 Å². The van der Waals surface area contributed by atoms with Crippen LogP contribution in [0.3, 0.4) is 0 Å². The summed E-state index contributed by atoms with van der Waals surface area (Å²) in [6.07, 6.45) is 2.76. The summed E-state index contributed by atoms with van der Waals surface area (Å²) in [5.74, 6) is 1.79. The van der Waals surface area contributed by atoms with Crippen LogP contribution in [0.2, 0.25) is 0 Å². The van der Waals surface area contributed by atoms with Gasteiger partial charge in [0.05, 0.1) is 79.3 Å². The molecule has 436 valence electrons. The Labute approximate surface area is 453 Å². The third-order valence-corrected chi connectivity index (χ3v) is 12.4. The number of nitrogens with zero attached hydrogens (tertiary/aromatic N) is 9. The molecule has 4 amide bonds. The number of morpholine rings is 3. The maximum Gasteiger partial charge on any atom is 0.222 e. The molecule has 76 heavy (non-hydrogen) atoms.